The van der Waals surface area contributed by atoms with Crippen molar-refractivity contribution in [2.24, 2.45) is 0 Å². The SMILES string of the molecule is COc1cc2c(NC(C)c3cccc(Br)c3)nc(C)nc2cc1OCCCCCCCC(=O)N[C@H]1CCC(=O)NC1=O. The Kier molecular flexibility index (Phi) is 11.1. The lowest BCUT2D eigenvalue weighted by molar-refractivity contribution is -0.137. The molecule has 0 aliphatic carbocycles. The largest absolute Gasteiger partial charge is 0.493 e. The van der Waals surface area contributed by atoms with E-state index < -0.39 is 11.9 Å². The maximum Gasteiger partial charge on any atom is 0.249 e. The minimum atomic E-state index is -0.613. The standard InChI is InChI=1S/C31H38BrN5O5/c1-19(21-10-9-11-22(32)16-21)33-30-23-17-26(41-3)27(18-25(23)34-20(2)35-30)42-15-8-6-4-5-7-12-28(38)36-24-13-14-29(39)37-31(24)40/h9-11,16-19,24H,4-8,12-15H2,1-3H3,(H,36,38)(H,33,34,35)(H,37,39,40)/t19?,24-/m0/s1. The number of methoxy groups -OCH3 is 1. The first-order chi connectivity index (χ1) is 20.2. The minimum absolute atomic E-state index is 0.0293. The van der Waals surface area contributed by atoms with Crippen molar-refractivity contribution in [1.29, 1.82) is 0 Å². The number of imide groups is 1. The first kappa shape index (κ1) is 31.2. The Morgan fingerprint density at radius 1 is 1.10 bits per heavy atom. The van der Waals surface area contributed by atoms with Crippen LogP contribution in [0.5, 0.6) is 11.5 Å². The quantitative estimate of drug-likeness (QED) is 0.155. The van der Waals surface area contributed by atoms with Crippen LogP contribution in [0, 0.1) is 6.92 Å². The van der Waals surface area contributed by atoms with Crippen LogP contribution < -0.4 is 25.4 Å². The Bertz CT molecular complexity index is 1430. The van der Waals surface area contributed by atoms with E-state index in [0.29, 0.717) is 36.8 Å². The molecule has 0 saturated carbocycles. The second kappa shape index (κ2) is 14.9. The van der Waals surface area contributed by atoms with Crippen molar-refractivity contribution in [1.82, 2.24) is 20.6 Å². The van der Waals surface area contributed by atoms with Gasteiger partial charge in [-0.1, -0.05) is 47.3 Å². The number of nitrogens with one attached hydrogen (secondary N) is 3. The fraction of sp³-hybridized carbons (Fsp3) is 0.452. The lowest BCUT2D eigenvalue weighted by Crippen LogP contribution is -2.52. The Morgan fingerprint density at radius 2 is 1.88 bits per heavy atom. The number of carbonyl (C=O) groups is 3. The molecule has 1 fully saturated rings. The second-order valence-corrected chi connectivity index (χ2v) is 11.4. The molecular formula is C31H38BrN5O5. The molecule has 1 unspecified atom stereocenters. The number of hydrogen-bond donors (Lipinski definition) is 3. The number of benzene rings is 2. The molecule has 2 heterocycles. The van der Waals surface area contributed by atoms with Gasteiger partial charge in [0, 0.05) is 28.8 Å². The summed E-state index contributed by atoms with van der Waals surface area (Å²) in [5.41, 5.74) is 1.91. The Morgan fingerprint density at radius 3 is 2.64 bits per heavy atom. The number of piperidine rings is 1. The number of aromatic nitrogens is 2. The van der Waals surface area contributed by atoms with Crippen molar-refractivity contribution in [3.63, 3.8) is 0 Å². The van der Waals surface area contributed by atoms with Crippen LogP contribution in [0.1, 0.15) is 75.7 Å². The number of nitrogens with zero attached hydrogens (tertiary/aromatic N) is 2. The third-order valence-electron chi connectivity index (χ3n) is 7.17. The summed E-state index contributed by atoms with van der Waals surface area (Å²) in [6.07, 6.45) is 5.43. The van der Waals surface area contributed by atoms with Crippen LogP contribution >= 0.6 is 15.9 Å². The average molecular weight is 641 g/mol. The van der Waals surface area contributed by atoms with Crippen LogP contribution in [0.2, 0.25) is 0 Å². The zero-order valence-corrected chi connectivity index (χ0v) is 25.9. The van der Waals surface area contributed by atoms with Crippen LogP contribution in [0.15, 0.2) is 40.9 Å². The van der Waals surface area contributed by atoms with Gasteiger partial charge in [0.15, 0.2) is 11.5 Å². The van der Waals surface area contributed by atoms with Gasteiger partial charge in [0.25, 0.3) is 0 Å². The first-order valence-corrected chi connectivity index (χ1v) is 15.2. The number of anilines is 1. The summed E-state index contributed by atoms with van der Waals surface area (Å²) in [6, 6.07) is 11.4. The number of hydrogen-bond acceptors (Lipinski definition) is 8. The molecule has 42 heavy (non-hydrogen) atoms. The van der Waals surface area contributed by atoms with Crippen LogP contribution in [0.4, 0.5) is 5.82 Å². The van der Waals surface area contributed by atoms with Gasteiger partial charge in [-0.2, -0.15) is 0 Å². The lowest BCUT2D eigenvalue weighted by atomic mass is 10.1. The number of amides is 3. The van der Waals surface area contributed by atoms with Crippen LogP contribution in [0.25, 0.3) is 10.9 Å². The molecule has 1 aliphatic heterocycles. The number of unbranched alkanes of at least 4 members (excludes halogenated alkanes) is 4. The van der Waals surface area contributed by atoms with Gasteiger partial charge in [-0.3, -0.25) is 19.7 Å². The summed E-state index contributed by atoms with van der Waals surface area (Å²) >= 11 is 3.54. The summed E-state index contributed by atoms with van der Waals surface area (Å²) in [6.45, 7) is 4.50. The van der Waals surface area contributed by atoms with E-state index in [1.807, 2.05) is 31.2 Å². The highest BCUT2D eigenvalue weighted by Crippen LogP contribution is 2.35. The van der Waals surface area contributed by atoms with Crippen LogP contribution in [-0.2, 0) is 14.4 Å². The predicted octanol–water partition coefficient (Wildman–Crippen LogP) is 5.52. The molecule has 1 aliphatic rings. The van der Waals surface area contributed by atoms with E-state index in [1.54, 1.807) is 7.11 Å². The Labute approximate surface area is 254 Å². The van der Waals surface area contributed by atoms with Gasteiger partial charge in [-0.25, -0.2) is 9.97 Å². The molecule has 0 bridgehead atoms. The number of ether oxygens (including phenoxy) is 2. The third kappa shape index (κ3) is 8.64. The maximum absolute atomic E-state index is 12.1. The van der Waals surface area contributed by atoms with Gasteiger partial charge in [-0.05, 0) is 56.9 Å². The summed E-state index contributed by atoms with van der Waals surface area (Å²) in [7, 11) is 1.62. The topological polar surface area (TPSA) is 132 Å². The molecule has 4 rings (SSSR count). The number of aryl methyl sites for hydroxylation is 1. The monoisotopic (exact) mass is 639 g/mol. The fourth-order valence-electron chi connectivity index (χ4n) is 4.90. The van der Waals surface area contributed by atoms with Gasteiger partial charge in [0.05, 0.1) is 25.3 Å². The summed E-state index contributed by atoms with van der Waals surface area (Å²) in [4.78, 5) is 44.4. The van der Waals surface area contributed by atoms with Gasteiger partial charge < -0.3 is 20.1 Å². The highest BCUT2D eigenvalue weighted by molar-refractivity contribution is 9.10. The summed E-state index contributed by atoms with van der Waals surface area (Å²) in [5, 5.41) is 9.35. The molecular weight excluding hydrogens is 602 g/mol. The van der Waals surface area contributed by atoms with E-state index >= 15 is 0 Å². The normalized spacial score (nSPS) is 15.7. The molecule has 3 N–H and O–H groups in total. The molecule has 224 valence electrons. The zero-order chi connectivity index (χ0) is 30.1. The van der Waals surface area contributed by atoms with E-state index in [1.165, 1.54) is 0 Å². The van der Waals surface area contributed by atoms with Crippen molar-refractivity contribution in [3.8, 4) is 11.5 Å². The molecule has 0 radical (unpaired) electrons. The maximum atomic E-state index is 12.1. The Balaban J connectivity index is 1.24. The van der Waals surface area contributed by atoms with Gasteiger partial charge in [-0.15, -0.1) is 0 Å². The predicted molar refractivity (Wildman–Crippen MR) is 165 cm³/mol. The van der Waals surface area contributed by atoms with Gasteiger partial charge in [0.2, 0.25) is 17.7 Å². The molecule has 2 atom stereocenters. The molecule has 1 aromatic heterocycles. The van der Waals surface area contributed by atoms with Crippen molar-refractivity contribution < 1.29 is 23.9 Å². The minimum Gasteiger partial charge on any atom is -0.493 e. The molecule has 0 spiro atoms. The Hall–Kier alpha value is -3.73. The number of halogens is 1. The molecule has 11 heteroatoms. The average Bonchev–Trinajstić information content (AvgIpc) is 2.95. The number of carbonyl (C=O) groups excluding carboxylic acids is 3. The van der Waals surface area contributed by atoms with Crippen molar-refractivity contribution in [2.45, 2.75) is 77.3 Å². The van der Waals surface area contributed by atoms with E-state index in [-0.39, 0.29) is 24.3 Å². The van der Waals surface area contributed by atoms with E-state index in [4.69, 9.17) is 9.47 Å². The molecule has 3 aromatic rings. The van der Waals surface area contributed by atoms with Gasteiger partial charge in [0.1, 0.15) is 17.7 Å². The first-order valence-electron chi connectivity index (χ1n) is 14.4. The third-order valence-corrected chi connectivity index (χ3v) is 7.67. The van der Waals surface area contributed by atoms with Crippen molar-refractivity contribution in [3.05, 3.63) is 52.3 Å². The highest BCUT2D eigenvalue weighted by Gasteiger charge is 2.27. The molecule has 2 aromatic carbocycles. The zero-order valence-electron chi connectivity index (χ0n) is 24.3. The van der Waals surface area contributed by atoms with Gasteiger partial charge >= 0.3 is 0 Å². The smallest absolute Gasteiger partial charge is 0.249 e. The van der Waals surface area contributed by atoms with Crippen LogP contribution in [0.3, 0.4) is 0 Å². The summed E-state index contributed by atoms with van der Waals surface area (Å²) in [5.74, 6) is 1.79. The van der Waals surface area contributed by atoms with Crippen molar-refractivity contribution in [2.75, 3.05) is 19.0 Å². The van der Waals surface area contributed by atoms with E-state index in [0.717, 1.165) is 58.9 Å². The van der Waals surface area contributed by atoms with E-state index in [9.17, 15) is 14.4 Å². The number of rotatable bonds is 14. The second-order valence-electron chi connectivity index (χ2n) is 10.5. The number of fused-ring (bicyclic) bond motifs is 1. The molecule has 10 nitrogen and oxygen atoms in total. The highest BCUT2D eigenvalue weighted by atomic mass is 79.9. The molecule has 3 amide bonds. The summed E-state index contributed by atoms with van der Waals surface area (Å²) < 4.78 is 12.8. The van der Waals surface area contributed by atoms with E-state index in [2.05, 4.69) is 60.9 Å². The lowest BCUT2D eigenvalue weighted by Gasteiger charge is -2.21. The van der Waals surface area contributed by atoms with Crippen molar-refractivity contribution >= 4 is 50.4 Å². The molecule has 1 saturated heterocycles. The fourth-order valence-corrected chi connectivity index (χ4v) is 5.31. The van der Waals surface area contributed by atoms with Crippen LogP contribution in [-0.4, -0.2) is 47.4 Å².